The molecule has 0 aliphatic heterocycles. The van der Waals surface area contributed by atoms with Gasteiger partial charge >= 0.3 is 0 Å². The van der Waals surface area contributed by atoms with Crippen LogP contribution in [0.25, 0.3) is 22.6 Å². The summed E-state index contributed by atoms with van der Waals surface area (Å²) in [6.07, 6.45) is 1.45. The number of methoxy groups -OCH3 is 1. The third-order valence-electron chi connectivity index (χ3n) is 4.44. The van der Waals surface area contributed by atoms with E-state index in [0.717, 1.165) is 27.8 Å². The third-order valence-corrected chi connectivity index (χ3v) is 4.44. The van der Waals surface area contributed by atoms with Crippen LogP contribution in [0.4, 0.5) is 5.69 Å². The Hall–Kier alpha value is -3.54. The van der Waals surface area contributed by atoms with E-state index in [1.165, 1.54) is 6.26 Å². The summed E-state index contributed by atoms with van der Waals surface area (Å²) in [5, 5.41) is 2.80. The number of carbonyl (C=O) groups excluding carboxylic acids is 1. The highest BCUT2D eigenvalue weighted by Crippen LogP contribution is 2.32. The number of nitrogens with one attached hydrogen (secondary N) is 1. The average molecular weight is 362 g/mol. The van der Waals surface area contributed by atoms with E-state index in [-0.39, 0.29) is 11.7 Å². The Kier molecular flexibility index (Phi) is 4.16. The van der Waals surface area contributed by atoms with Crippen LogP contribution in [0.1, 0.15) is 21.7 Å². The predicted molar refractivity (Wildman–Crippen MR) is 102 cm³/mol. The van der Waals surface area contributed by atoms with Gasteiger partial charge in [0, 0.05) is 5.56 Å². The maximum absolute atomic E-state index is 12.3. The summed E-state index contributed by atoms with van der Waals surface area (Å²) < 4.78 is 16.4. The van der Waals surface area contributed by atoms with Gasteiger partial charge < -0.3 is 18.9 Å². The number of hydrogen-bond donors (Lipinski definition) is 1. The summed E-state index contributed by atoms with van der Waals surface area (Å²) in [7, 11) is 1.54. The zero-order valence-corrected chi connectivity index (χ0v) is 15.2. The van der Waals surface area contributed by atoms with Crippen molar-refractivity contribution < 1.29 is 18.4 Å². The first-order chi connectivity index (χ1) is 13.0. The van der Waals surface area contributed by atoms with Crippen molar-refractivity contribution in [1.29, 1.82) is 0 Å². The highest BCUT2D eigenvalue weighted by Gasteiger charge is 2.15. The molecule has 0 unspecified atom stereocenters. The molecule has 2 aromatic carbocycles. The molecule has 4 aromatic rings. The van der Waals surface area contributed by atoms with Crippen molar-refractivity contribution in [3.05, 3.63) is 65.6 Å². The Labute approximate surface area is 155 Å². The number of benzene rings is 2. The van der Waals surface area contributed by atoms with E-state index in [1.807, 2.05) is 32.0 Å². The van der Waals surface area contributed by atoms with E-state index >= 15 is 0 Å². The minimum Gasteiger partial charge on any atom is -0.495 e. The number of nitrogens with zero attached hydrogens (tertiary/aromatic N) is 1. The topological polar surface area (TPSA) is 77.5 Å². The average Bonchev–Trinajstić information content (AvgIpc) is 3.32. The fourth-order valence-electron chi connectivity index (χ4n) is 2.83. The minimum atomic E-state index is -0.362. The maximum atomic E-state index is 12.3. The Morgan fingerprint density at radius 1 is 1.11 bits per heavy atom. The number of amides is 1. The van der Waals surface area contributed by atoms with Gasteiger partial charge in [-0.25, -0.2) is 4.98 Å². The summed E-state index contributed by atoms with van der Waals surface area (Å²) in [4.78, 5) is 16.9. The fraction of sp³-hybridized carbons (Fsp3) is 0.143. The number of carbonyl (C=O) groups is 1. The van der Waals surface area contributed by atoms with Gasteiger partial charge in [0.05, 0.1) is 19.1 Å². The lowest BCUT2D eigenvalue weighted by Gasteiger charge is -2.10. The van der Waals surface area contributed by atoms with Crippen molar-refractivity contribution in [2.24, 2.45) is 0 Å². The van der Waals surface area contributed by atoms with E-state index in [1.54, 1.807) is 31.4 Å². The molecule has 0 fully saturated rings. The molecule has 0 saturated heterocycles. The highest BCUT2D eigenvalue weighted by molar-refractivity contribution is 6.03. The van der Waals surface area contributed by atoms with Crippen molar-refractivity contribution in [2.75, 3.05) is 12.4 Å². The number of anilines is 1. The second-order valence-corrected chi connectivity index (χ2v) is 6.27. The van der Waals surface area contributed by atoms with Crippen molar-refractivity contribution in [1.82, 2.24) is 4.98 Å². The molecule has 0 bridgehead atoms. The van der Waals surface area contributed by atoms with E-state index in [2.05, 4.69) is 10.3 Å². The van der Waals surface area contributed by atoms with Gasteiger partial charge in [-0.1, -0.05) is 0 Å². The Morgan fingerprint density at radius 2 is 1.93 bits per heavy atom. The molecular formula is C21H18N2O4. The van der Waals surface area contributed by atoms with E-state index < -0.39 is 0 Å². The SMILES string of the molecule is COc1ccc(-c2nc3cc(C)c(C)cc3o2)cc1NC(=O)c1ccco1. The first-order valence-corrected chi connectivity index (χ1v) is 8.46. The van der Waals surface area contributed by atoms with Gasteiger partial charge in [0.25, 0.3) is 5.91 Å². The summed E-state index contributed by atoms with van der Waals surface area (Å²) in [6, 6.07) is 12.6. The molecule has 0 aliphatic carbocycles. The largest absolute Gasteiger partial charge is 0.495 e. The van der Waals surface area contributed by atoms with Gasteiger partial charge in [0.15, 0.2) is 11.3 Å². The minimum absolute atomic E-state index is 0.218. The molecule has 1 N–H and O–H groups in total. The summed E-state index contributed by atoms with van der Waals surface area (Å²) >= 11 is 0. The standard InChI is InChI=1S/C21H18N2O4/c1-12-9-15-19(10-13(12)2)27-21(23-15)14-6-7-17(25-3)16(11-14)22-20(24)18-5-4-8-26-18/h4-11H,1-3H3,(H,22,24). The highest BCUT2D eigenvalue weighted by atomic mass is 16.5. The van der Waals surface area contributed by atoms with Crippen LogP contribution < -0.4 is 10.1 Å². The summed E-state index contributed by atoms with van der Waals surface area (Å²) in [5.41, 5.74) is 5.06. The molecule has 0 radical (unpaired) electrons. The van der Waals surface area contributed by atoms with Crippen LogP contribution in [0.2, 0.25) is 0 Å². The molecule has 4 rings (SSSR count). The van der Waals surface area contributed by atoms with E-state index in [0.29, 0.717) is 17.3 Å². The third kappa shape index (κ3) is 3.17. The van der Waals surface area contributed by atoms with Crippen molar-refractivity contribution in [3.63, 3.8) is 0 Å². The maximum Gasteiger partial charge on any atom is 0.291 e. The van der Waals surface area contributed by atoms with Crippen molar-refractivity contribution in [2.45, 2.75) is 13.8 Å². The lowest BCUT2D eigenvalue weighted by atomic mass is 10.1. The molecule has 0 atom stereocenters. The summed E-state index contributed by atoms with van der Waals surface area (Å²) in [5.74, 6) is 0.863. The number of fused-ring (bicyclic) bond motifs is 1. The van der Waals surface area contributed by atoms with Gasteiger partial charge in [-0.2, -0.15) is 0 Å². The Morgan fingerprint density at radius 3 is 2.67 bits per heavy atom. The lowest BCUT2D eigenvalue weighted by Crippen LogP contribution is -2.11. The normalized spacial score (nSPS) is 10.9. The van der Waals surface area contributed by atoms with Crippen LogP contribution in [0.3, 0.4) is 0 Å². The lowest BCUT2D eigenvalue weighted by molar-refractivity contribution is 0.0996. The van der Waals surface area contributed by atoms with Gasteiger partial charge in [0.2, 0.25) is 5.89 Å². The number of hydrogen-bond acceptors (Lipinski definition) is 5. The van der Waals surface area contributed by atoms with E-state index in [4.69, 9.17) is 13.6 Å². The molecule has 0 saturated carbocycles. The van der Waals surface area contributed by atoms with Crippen LogP contribution in [-0.2, 0) is 0 Å². The van der Waals surface area contributed by atoms with Gasteiger partial charge in [-0.3, -0.25) is 4.79 Å². The van der Waals surface area contributed by atoms with Crippen LogP contribution >= 0.6 is 0 Å². The van der Waals surface area contributed by atoms with Crippen LogP contribution in [0.5, 0.6) is 5.75 Å². The quantitative estimate of drug-likeness (QED) is 0.555. The van der Waals surface area contributed by atoms with Gasteiger partial charge in [-0.15, -0.1) is 0 Å². The van der Waals surface area contributed by atoms with E-state index in [9.17, 15) is 4.79 Å². The number of furan rings is 1. The molecule has 6 nitrogen and oxygen atoms in total. The molecular weight excluding hydrogens is 344 g/mol. The molecule has 2 heterocycles. The fourth-order valence-corrected chi connectivity index (χ4v) is 2.83. The monoisotopic (exact) mass is 362 g/mol. The second-order valence-electron chi connectivity index (χ2n) is 6.27. The van der Waals surface area contributed by atoms with Crippen molar-refractivity contribution in [3.8, 4) is 17.2 Å². The first kappa shape index (κ1) is 16.9. The van der Waals surface area contributed by atoms with Crippen molar-refractivity contribution >= 4 is 22.7 Å². The molecule has 27 heavy (non-hydrogen) atoms. The number of aromatic nitrogens is 1. The Balaban J connectivity index is 1.72. The molecule has 1 amide bonds. The van der Waals surface area contributed by atoms with Crippen LogP contribution in [0, 0.1) is 13.8 Å². The zero-order chi connectivity index (χ0) is 19.0. The van der Waals surface area contributed by atoms with Crippen LogP contribution in [-0.4, -0.2) is 18.0 Å². The molecule has 6 heteroatoms. The molecule has 136 valence electrons. The predicted octanol–water partition coefficient (Wildman–Crippen LogP) is 4.97. The molecule has 0 spiro atoms. The Bertz CT molecular complexity index is 1090. The number of aryl methyl sites for hydroxylation is 2. The number of oxazole rings is 1. The van der Waals surface area contributed by atoms with Gasteiger partial charge in [0.1, 0.15) is 11.3 Å². The zero-order valence-electron chi connectivity index (χ0n) is 15.2. The van der Waals surface area contributed by atoms with Gasteiger partial charge in [-0.05, 0) is 67.4 Å². The van der Waals surface area contributed by atoms with Crippen LogP contribution in [0.15, 0.2) is 57.6 Å². The molecule has 0 aliphatic rings. The molecule has 2 aromatic heterocycles. The smallest absolute Gasteiger partial charge is 0.291 e. The summed E-state index contributed by atoms with van der Waals surface area (Å²) in [6.45, 7) is 4.07. The number of rotatable bonds is 4. The first-order valence-electron chi connectivity index (χ1n) is 8.46. The second kappa shape index (κ2) is 6.64. The number of ether oxygens (including phenoxy) is 1.